The molecule has 1 aliphatic rings. The van der Waals surface area contributed by atoms with Crippen molar-refractivity contribution in [2.24, 2.45) is 11.7 Å². The number of ether oxygens (including phenoxy) is 1. The van der Waals surface area contributed by atoms with E-state index in [1.807, 2.05) is 0 Å². The summed E-state index contributed by atoms with van der Waals surface area (Å²) in [6, 6.07) is 0. The molecule has 0 aromatic carbocycles. The van der Waals surface area contributed by atoms with Gasteiger partial charge in [-0.25, -0.2) is 4.39 Å². The van der Waals surface area contributed by atoms with E-state index in [2.05, 4.69) is 0 Å². The minimum absolute atomic E-state index is 0.0428. The molecule has 2 nitrogen and oxygen atoms in total. The molecule has 0 bridgehead atoms. The van der Waals surface area contributed by atoms with Crippen molar-refractivity contribution < 1.29 is 9.13 Å². The maximum Gasteiger partial charge on any atom is 0.128 e. The fraction of sp³-hybridized carbons (Fsp3) is 1.00. The van der Waals surface area contributed by atoms with E-state index in [4.69, 9.17) is 10.5 Å². The molecular formula is C10H20FNO. The van der Waals surface area contributed by atoms with E-state index in [9.17, 15) is 4.39 Å². The molecule has 1 heterocycles. The third-order valence-corrected chi connectivity index (χ3v) is 3.25. The number of hydrogen-bond acceptors (Lipinski definition) is 2. The number of alkyl halides is 1. The topological polar surface area (TPSA) is 35.2 Å². The Morgan fingerprint density at radius 2 is 1.69 bits per heavy atom. The maximum atomic E-state index is 14.3. The Hall–Kier alpha value is -0.150. The molecule has 0 aromatic heterocycles. The van der Waals surface area contributed by atoms with Crippen molar-refractivity contribution in [3.05, 3.63) is 0 Å². The third-order valence-electron chi connectivity index (χ3n) is 3.25. The lowest BCUT2D eigenvalue weighted by Gasteiger charge is -2.42. The molecule has 0 aliphatic carbocycles. The Bertz CT molecular complexity index is 168. The molecule has 1 fully saturated rings. The fourth-order valence-corrected chi connectivity index (χ4v) is 1.77. The van der Waals surface area contributed by atoms with Crippen LogP contribution in [0, 0.1) is 5.92 Å². The fourth-order valence-electron chi connectivity index (χ4n) is 1.77. The van der Waals surface area contributed by atoms with Gasteiger partial charge in [-0.05, 0) is 39.5 Å². The summed E-state index contributed by atoms with van der Waals surface area (Å²) < 4.78 is 19.5. The molecule has 78 valence electrons. The van der Waals surface area contributed by atoms with Crippen LogP contribution in [0.2, 0.25) is 0 Å². The molecule has 0 radical (unpaired) electrons. The van der Waals surface area contributed by atoms with Gasteiger partial charge in [0.05, 0.1) is 0 Å². The summed E-state index contributed by atoms with van der Waals surface area (Å²) in [6.45, 7) is 6.45. The lowest BCUT2D eigenvalue weighted by molar-refractivity contribution is -0.0350. The van der Waals surface area contributed by atoms with Crippen LogP contribution in [0.4, 0.5) is 4.39 Å². The number of halogens is 1. The van der Waals surface area contributed by atoms with E-state index in [1.165, 1.54) is 0 Å². The number of rotatable bonds is 2. The number of nitrogens with two attached hydrogens (primary N) is 1. The minimum atomic E-state index is -1.29. The van der Waals surface area contributed by atoms with Crippen molar-refractivity contribution in [1.82, 2.24) is 0 Å². The van der Waals surface area contributed by atoms with Gasteiger partial charge in [0.2, 0.25) is 0 Å². The van der Waals surface area contributed by atoms with E-state index in [1.54, 1.807) is 20.8 Å². The van der Waals surface area contributed by atoms with Crippen LogP contribution in [0.25, 0.3) is 0 Å². The van der Waals surface area contributed by atoms with Crippen molar-refractivity contribution in [3.8, 4) is 0 Å². The van der Waals surface area contributed by atoms with Gasteiger partial charge in [-0.2, -0.15) is 0 Å². The van der Waals surface area contributed by atoms with Crippen LogP contribution in [0.1, 0.15) is 33.6 Å². The van der Waals surface area contributed by atoms with Gasteiger partial charge < -0.3 is 10.5 Å². The van der Waals surface area contributed by atoms with Gasteiger partial charge in [0.1, 0.15) is 5.67 Å². The monoisotopic (exact) mass is 189 g/mol. The zero-order chi connectivity index (χ0) is 10.1. The zero-order valence-electron chi connectivity index (χ0n) is 8.77. The largest absolute Gasteiger partial charge is 0.381 e. The van der Waals surface area contributed by atoms with Crippen LogP contribution in [-0.2, 0) is 4.74 Å². The second-order valence-electron chi connectivity index (χ2n) is 4.68. The summed E-state index contributed by atoms with van der Waals surface area (Å²) in [5.74, 6) is 0.0428. The van der Waals surface area contributed by atoms with Crippen LogP contribution in [0.5, 0.6) is 0 Å². The molecule has 0 aromatic rings. The second kappa shape index (κ2) is 3.54. The Labute approximate surface area is 79.6 Å². The predicted octanol–water partition coefficient (Wildman–Crippen LogP) is 1.88. The molecule has 1 unspecified atom stereocenters. The van der Waals surface area contributed by atoms with E-state index >= 15 is 0 Å². The average Bonchev–Trinajstić information content (AvgIpc) is 2.04. The van der Waals surface area contributed by atoms with Gasteiger partial charge in [0, 0.05) is 18.8 Å². The summed E-state index contributed by atoms with van der Waals surface area (Å²) in [5, 5.41) is 0. The van der Waals surface area contributed by atoms with Crippen molar-refractivity contribution in [3.63, 3.8) is 0 Å². The quantitative estimate of drug-likeness (QED) is 0.719. The smallest absolute Gasteiger partial charge is 0.128 e. The molecule has 1 saturated heterocycles. The summed E-state index contributed by atoms with van der Waals surface area (Å²) in [5.41, 5.74) is 3.76. The molecule has 1 rings (SSSR count). The summed E-state index contributed by atoms with van der Waals surface area (Å²) in [7, 11) is 0. The zero-order valence-corrected chi connectivity index (χ0v) is 8.77. The van der Waals surface area contributed by atoms with Gasteiger partial charge in [0.15, 0.2) is 0 Å². The van der Waals surface area contributed by atoms with Crippen LogP contribution in [-0.4, -0.2) is 24.4 Å². The minimum Gasteiger partial charge on any atom is -0.381 e. The molecule has 13 heavy (non-hydrogen) atoms. The molecule has 0 spiro atoms. The van der Waals surface area contributed by atoms with Crippen LogP contribution < -0.4 is 5.73 Å². The lowest BCUT2D eigenvalue weighted by Crippen LogP contribution is -2.56. The highest BCUT2D eigenvalue weighted by atomic mass is 19.1. The first-order valence-electron chi connectivity index (χ1n) is 4.91. The first-order chi connectivity index (χ1) is 5.86. The first kappa shape index (κ1) is 10.9. The number of hydrogen-bond donors (Lipinski definition) is 1. The Balaban J connectivity index is 2.67. The van der Waals surface area contributed by atoms with Crippen molar-refractivity contribution in [1.29, 1.82) is 0 Å². The van der Waals surface area contributed by atoms with Crippen molar-refractivity contribution in [2.75, 3.05) is 13.2 Å². The third kappa shape index (κ3) is 2.20. The average molecular weight is 189 g/mol. The maximum absolute atomic E-state index is 14.3. The van der Waals surface area contributed by atoms with Crippen molar-refractivity contribution >= 4 is 0 Å². The van der Waals surface area contributed by atoms with Gasteiger partial charge in [0.25, 0.3) is 0 Å². The SMILES string of the molecule is CC(C)(N)C(C)(F)C1CCOCC1. The van der Waals surface area contributed by atoms with E-state index < -0.39 is 11.2 Å². The highest BCUT2D eigenvalue weighted by Crippen LogP contribution is 2.37. The molecule has 1 aliphatic heterocycles. The highest BCUT2D eigenvalue weighted by molar-refractivity contribution is 4.99. The molecular weight excluding hydrogens is 169 g/mol. The van der Waals surface area contributed by atoms with E-state index in [0.29, 0.717) is 13.2 Å². The molecule has 0 amide bonds. The lowest BCUT2D eigenvalue weighted by atomic mass is 9.73. The van der Waals surface area contributed by atoms with E-state index in [0.717, 1.165) is 12.8 Å². The summed E-state index contributed by atoms with van der Waals surface area (Å²) >= 11 is 0. The summed E-state index contributed by atoms with van der Waals surface area (Å²) in [4.78, 5) is 0. The Kier molecular flexibility index (Phi) is 2.98. The van der Waals surface area contributed by atoms with Gasteiger partial charge in [-0.1, -0.05) is 0 Å². The van der Waals surface area contributed by atoms with Gasteiger partial charge in [-0.15, -0.1) is 0 Å². The van der Waals surface area contributed by atoms with Crippen LogP contribution in [0.3, 0.4) is 0 Å². The molecule has 2 N–H and O–H groups in total. The first-order valence-corrected chi connectivity index (χ1v) is 4.91. The van der Waals surface area contributed by atoms with Crippen LogP contribution >= 0.6 is 0 Å². The Morgan fingerprint density at radius 3 is 2.08 bits per heavy atom. The second-order valence-corrected chi connectivity index (χ2v) is 4.68. The summed E-state index contributed by atoms with van der Waals surface area (Å²) in [6.07, 6.45) is 1.57. The van der Waals surface area contributed by atoms with Crippen LogP contribution in [0.15, 0.2) is 0 Å². The van der Waals surface area contributed by atoms with E-state index in [-0.39, 0.29) is 5.92 Å². The standard InChI is InChI=1S/C10H20FNO/c1-9(2,12)10(3,11)8-4-6-13-7-5-8/h8H,4-7,12H2,1-3H3. The van der Waals surface area contributed by atoms with Gasteiger partial charge >= 0.3 is 0 Å². The normalized spacial score (nSPS) is 25.6. The predicted molar refractivity (Wildman–Crippen MR) is 51.3 cm³/mol. The highest BCUT2D eigenvalue weighted by Gasteiger charge is 2.45. The molecule has 3 heteroatoms. The molecule has 0 saturated carbocycles. The van der Waals surface area contributed by atoms with Gasteiger partial charge in [-0.3, -0.25) is 0 Å². The molecule has 1 atom stereocenters. The Morgan fingerprint density at radius 1 is 1.23 bits per heavy atom. The van der Waals surface area contributed by atoms with Crippen molar-refractivity contribution in [2.45, 2.75) is 44.8 Å².